The highest BCUT2D eigenvalue weighted by molar-refractivity contribution is 6.08. The molecular formula is C15H16FNO4. The third-order valence-electron chi connectivity index (χ3n) is 3.43. The normalized spacial score (nSPS) is 18.5. The number of hydrogen-bond acceptors (Lipinski definition) is 4. The molecule has 1 unspecified atom stereocenters. The molecule has 1 aromatic carbocycles. The van der Waals surface area contributed by atoms with E-state index in [9.17, 15) is 19.1 Å². The zero-order valence-electron chi connectivity index (χ0n) is 11.5. The van der Waals surface area contributed by atoms with Gasteiger partial charge in [-0.05, 0) is 31.0 Å². The maximum Gasteiger partial charge on any atom is 0.290 e. The molecule has 1 aromatic rings. The summed E-state index contributed by atoms with van der Waals surface area (Å²) in [7, 11) is 0. The molecule has 0 aliphatic carbocycles. The van der Waals surface area contributed by atoms with Crippen LogP contribution in [0.15, 0.2) is 35.6 Å². The van der Waals surface area contributed by atoms with Gasteiger partial charge in [-0.2, -0.15) is 0 Å². The van der Waals surface area contributed by atoms with E-state index in [1.807, 2.05) is 0 Å². The lowest BCUT2D eigenvalue weighted by atomic mass is 9.96. The Balaban J connectivity index is 2.46. The molecule has 0 saturated carbocycles. The zero-order valence-corrected chi connectivity index (χ0v) is 11.5. The van der Waals surface area contributed by atoms with E-state index in [-0.39, 0.29) is 18.7 Å². The van der Waals surface area contributed by atoms with Crippen LogP contribution in [0, 0.1) is 5.82 Å². The Hall–Kier alpha value is -2.21. The number of nitrogens with zero attached hydrogens (tertiary/aromatic N) is 1. The fourth-order valence-electron chi connectivity index (χ4n) is 2.48. The largest absolute Gasteiger partial charge is 0.503 e. The number of halogens is 1. The monoisotopic (exact) mass is 293 g/mol. The summed E-state index contributed by atoms with van der Waals surface area (Å²) in [4.78, 5) is 25.2. The Bertz CT molecular complexity index is 594. The van der Waals surface area contributed by atoms with Crippen molar-refractivity contribution in [3.63, 3.8) is 0 Å². The number of carbonyl (C=O) groups is 2. The summed E-state index contributed by atoms with van der Waals surface area (Å²) in [6, 6.07) is 4.66. The molecule has 1 aliphatic heterocycles. The Morgan fingerprint density at radius 3 is 2.48 bits per heavy atom. The first-order valence-electron chi connectivity index (χ1n) is 6.58. The smallest absolute Gasteiger partial charge is 0.290 e. The second-order valence-electron chi connectivity index (χ2n) is 4.85. The topological polar surface area (TPSA) is 77.8 Å². The number of benzene rings is 1. The van der Waals surface area contributed by atoms with Gasteiger partial charge in [0.05, 0.1) is 11.6 Å². The van der Waals surface area contributed by atoms with Crippen LogP contribution >= 0.6 is 0 Å². The first-order valence-corrected chi connectivity index (χ1v) is 6.58. The average Bonchev–Trinajstić information content (AvgIpc) is 2.70. The molecule has 0 bridgehead atoms. The number of rotatable bonds is 5. The van der Waals surface area contributed by atoms with Crippen molar-refractivity contribution in [2.45, 2.75) is 19.4 Å². The van der Waals surface area contributed by atoms with Crippen molar-refractivity contribution in [3.05, 3.63) is 47.0 Å². The van der Waals surface area contributed by atoms with Crippen LogP contribution in [0.1, 0.15) is 24.9 Å². The Morgan fingerprint density at radius 2 is 1.95 bits per heavy atom. The molecule has 0 saturated heterocycles. The number of aliphatic hydroxyl groups is 2. The highest BCUT2D eigenvalue weighted by Crippen LogP contribution is 2.37. The molecular weight excluding hydrogens is 277 g/mol. The van der Waals surface area contributed by atoms with E-state index < -0.39 is 29.3 Å². The number of Topliss-reactive ketones (excluding diaryl/α,β-unsaturated/α-hetero) is 1. The SMILES string of the molecule is CC(=O)C1=C(O)C(=O)N(CCCO)C1c1ccc(F)cc1. The van der Waals surface area contributed by atoms with Crippen molar-refractivity contribution in [3.8, 4) is 0 Å². The molecule has 0 aromatic heterocycles. The van der Waals surface area contributed by atoms with Gasteiger partial charge in [-0.25, -0.2) is 4.39 Å². The van der Waals surface area contributed by atoms with Gasteiger partial charge in [0.25, 0.3) is 5.91 Å². The lowest BCUT2D eigenvalue weighted by Gasteiger charge is -2.26. The summed E-state index contributed by atoms with van der Waals surface area (Å²) >= 11 is 0. The number of ketones is 1. The molecule has 0 radical (unpaired) electrons. The minimum atomic E-state index is -0.748. The van der Waals surface area contributed by atoms with Gasteiger partial charge in [-0.1, -0.05) is 12.1 Å². The van der Waals surface area contributed by atoms with Crippen LogP contribution < -0.4 is 0 Å². The van der Waals surface area contributed by atoms with Crippen LogP contribution in [0.2, 0.25) is 0 Å². The standard InChI is InChI=1S/C15H16FNO4/c1-9(19)12-13(10-3-5-11(16)6-4-10)17(7-2-8-18)15(21)14(12)20/h3-6,13,18,20H,2,7-8H2,1H3. The van der Waals surface area contributed by atoms with E-state index in [1.165, 1.54) is 36.1 Å². The second-order valence-corrected chi connectivity index (χ2v) is 4.85. The molecule has 1 heterocycles. The number of amides is 1. The van der Waals surface area contributed by atoms with E-state index in [2.05, 4.69) is 0 Å². The highest BCUT2D eigenvalue weighted by Gasteiger charge is 2.41. The van der Waals surface area contributed by atoms with Crippen LogP contribution in [0.5, 0.6) is 0 Å². The van der Waals surface area contributed by atoms with E-state index in [4.69, 9.17) is 5.11 Å². The molecule has 6 heteroatoms. The van der Waals surface area contributed by atoms with Crippen molar-refractivity contribution in [1.29, 1.82) is 0 Å². The average molecular weight is 293 g/mol. The van der Waals surface area contributed by atoms with Gasteiger partial charge < -0.3 is 15.1 Å². The predicted molar refractivity (Wildman–Crippen MR) is 72.9 cm³/mol. The first kappa shape index (κ1) is 15.2. The second kappa shape index (κ2) is 6.05. The highest BCUT2D eigenvalue weighted by atomic mass is 19.1. The molecule has 1 aliphatic rings. The van der Waals surface area contributed by atoms with Crippen LogP contribution in [-0.4, -0.2) is 40.0 Å². The minimum Gasteiger partial charge on any atom is -0.503 e. The number of carbonyl (C=O) groups excluding carboxylic acids is 2. The van der Waals surface area contributed by atoms with Crippen molar-refractivity contribution in [1.82, 2.24) is 4.90 Å². The van der Waals surface area contributed by atoms with Crippen LogP contribution in [0.3, 0.4) is 0 Å². The van der Waals surface area contributed by atoms with Gasteiger partial charge >= 0.3 is 0 Å². The van der Waals surface area contributed by atoms with Crippen LogP contribution in [0.4, 0.5) is 4.39 Å². The van der Waals surface area contributed by atoms with Crippen LogP contribution in [0.25, 0.3) is 0 Å². The molecule has 0 spiro atoms. The van der Waals surface area contributed by atoms with Crippen LogP contribution in [-0.2, 0) is 9.59 Å². The quantitative estimate of drug-likeness (QED) is 0.862. The molecule has 2 rings (SSSR count). The van der Waals surface area contributed by atoms with Gasteiger partial charge in [0.2, 0.25) is 0 Å². The maximum atomic E-state index is 13.0. The zero-order chi connectivity index (χ0) is 15.6. The van der Waals surface area contributed by atoms with Gasteiger partial charge in [0.1, 0.15) is 5.82 Å². The first-order chi connectivity index (χ1) is 9.97. The van der Waals surface area contributed by atoms with Gasteiger partial charge in [0, 0.05) is 13.2 Å². The lowest BCUT2D eigenvalue weighted by Crippen LogP contribution is -2.32. The molecule has 21 heavy (non-hydrogen) atoms. The Kier molecular flexibility index (Phi) is 4.37. The third-order valence-corrected chi connectivity index (χ3v) is 3.43. The summed E-state index contributed by atoms with van der Waals surface area (Å²) < 4.78 is 13.0. The fourth-order valence-corrected chi connectivity index (χ4v) is 2.48. The summed E-state index contributed by atoms with van der Waals surface area (Å²) in [5, 5.41) is 18.8. The van der Waals surface area contributed by atoms with Gasteiger partial charge in [-0.3, -0.25) is 9.59 Å². The van der Waals surface area contributed by atoms with Crippen molar-refractivity contribution < 1.29 is 24.2 Å². The molecule has 112 valence electrons. The molecule has 5 nitrogen and oxygen atoms in total. The third kappa shape index (κ3) is 2.80. The molecule has 2 N–H and O–H groups in total. The summed E-state index contributed by atoms with van der Waals surface area (Å²) in [6.45, 7) is 1.35. The van der Waals surface area contributed by atoms with E-state index in [0.29, 0.717) is 12.0 Å². The van der Waals surface area contributed by atoms with Crippen molar-refractivity contribution in [2.75, 3.05) is 13.2 Å². The minimum absolute atomic E-state index is 0.00421. The Labute approximate surface area is 121 Å². The Morgan fingerprint density at radius 1 is 1.33 bits per heavy atom. The lowest BCUT2D eigenvalue weighted by molar-refractivity contribution is -0.129. The predicted octanol–water partition coefficient (Wildman–Crippen LogP) is 1.49. The van der Waals surface area contributed by atoms with E-state index >= 15 is 0 Å². The van der Waals surface area contributed by atoms with Crippen molar-refractivity contribution in [2.24, 2.45) is 0 Å². The molecule has 1 atom stereocenters. The summed E-state index contributed by atoms with van der Waals surface area (Å²) in [6.07, 6.45) is 0.321. The summed E-state index contributed by atoms with van der Waals surface area (Å²) in [5.41, 5.74) is 0.543. The van der Waals surface area contributed by atoms with E-state index in [0.717, 1.165) is 0 Å². The maximum absolute atomic E-state index is 13.0. The molecule has 0 fully saturated rings. The fraction of sp³-hybridized carbons (Fsp3) is 0.333. The van der Waals surface area contributed by atoms with E-state index in [1.54, 1.807) is 0 Å². The van der Waals surface area contributed by atoms with Gasteiger partial charge in [0.15, 0.2) is 11.5 Å². The number of hydrogen-bond donors (Lipinski definition) is 2. The molecule has 1 amide bonds. The number of aliphatic hydroxyl groups excluding tert-OH is 2. The van der Waals surface area contributed by atoms with Gasteiger partial charge in [-0.15, -0.1) is 0 Å². The van der Waals surface area contributed by atoms with Crippen molar-refractivity contribution >= 4 is 11.7 Å². The summed E-state index contributed by atoms with van der Waals surface area (Å²) in [5.74, 6) is -2.07.